The molecule has 0 atom stereocenters. The summed E-state index contributed by atoms with van der Waals surface area (Å²) in [5, 5.41) is 14.2. The van der Waals surface area contributed by atoms with E-state index in [1.54, 1.807) is 28.8 Å². The number of hydrogen-bond donors (Lipinski definition) is 0. The number of methoxy groups -OCH3 is 1. The number of amides is 2. The zero-order valence-corrected chi connectivity index (χ0v) is 19.4. The first kappa shape index (κ1) is 22.0. The van der Waals surface area contributed by atoms with E-state index in [2.05, 4.69) is 5.10 Å². The van der Waals surface area contributed by atoms with Gasteiger partial charge < -0.3 is 14.5 Å². The second kappa shape index (κ2) is 8.84. The summed E-state index contributed by atoms with van der Waals surface area (Å²) in [7, 11) is 1.62. The number of carbonyl (C=O) groups is 2. The van der Waals surface area contributed by atoms with Gasteiger partial charge in [0.05, 0.1) is 36.5 Å². The van der Waals surface area contributed by atoms with Gasteiger partial charge in [-0.05, 0) is 35.9 Å². The fourth-order valence-electron chi connectivity index (χ4n) is 4.50. The van der Waals surface area contributed by atoms with Crippen molar-refractivity contribution in [2.24, 2.45) is 0 Å². The van der Waals surface area contributed by atoms with Crippen LogP contribution in [0.1, 0.15) is 43.2 Å². The predicted molar refractivity (Wildman–Crippen MR) is 125 cm³/mol. The van der Waals surface area contributed by atoms with E-state index >= 15 is 0 Å². The summed E-state index contributed by atoms with van der Waals surface area (Å²) < 4.78 is 6.99. The van der Waals surface area contributed by atoms with Crippen molar-refractivity contribution in [3.05, 3.63) is 81.1 Å². The van der Waals surface area contributed by atoms with Crippen LogP contribution in [0.4, 0.5) is 0 Å². The van der Waals surface area contributed by atoms with Crippen molar-refractivity contribution in [3.8, 4) is 11.8 Å². The number of nitriles is 1. The van der Waals surface area contributed by atoms with Gasteiger partial charge >= 0.3 is 0 Å². The zero-order valence-electron chi connectivity index (χ0n) is 18.6. The van der Waals surface area contributed by atoms with Gasteiger partial charge in [-0.1, -0.05) is 23.7 Å². The Balaban J connectivity index is 1.37. The number of rotatable bonds is 4. The van der Waals surface area contributed by atoms with Crippen molar-refractivity contribution in [1.82, 2.24) is 19.6 Å². The minimum absolute atomic E-state index is 0.0802. The number of hydrogen-bond acceptors (Lipinski definition) is 5. The summed E-state index contributed by atoms with van der Waals surface area (Å²) in [4.78, 5) is 30.1. The molecule has 0 spiro atoms. The number of aromatic nitrogens is 2. The van der Waals surface area contributed by atoms with Crippen LogP contribution in [-0.4, -0.2) is 51.6 Å². The third kappa shape index (κ3) is 3.88. The lowest BCUT2D eigenvalue weighted by Crippen LogP contribution is -2.41. The van der Waals surface area contributed by atoms with E-state index in [0.29, 0.717) is 55.4 Å². The standard InChI is InChI=1S/C25H22ClN5O3/c1-34-19-5-2-16(3-6-19)14-30-10-11-31-23(25(30)33)20-15-29(9-8-22(20)28-31)24(32)17-4-7-21(26)18(12-17)13-27/h2-7,12H,8-11,14-15H2,1H3. The van der Waals surface area contributed by atoms with Gasteiger partial charge in [0.2, 0.25) is 0 Å². The van der Waals surface area contributed by atoms with E-state index in [-0.39, 0.29) is 17.4 Å². The average Bonchev–Trinajstić information content (AvgIpc) is 3.24. The molecule has 1 aromatic heterocycles. The Morgan fingerprint density at radius 1 is 1.18 bits per heavy atom. The normalized spacial score (nSPS) is 14.9. The highest BCUT2D eigenvalue weighted by Gasteiger charge is 2.35. The molecule has 0 N–H and O–H groups in total. The molecule has 0 fully saturated rings. The molecular formula is C25H22ClN5O3. The van der Waals surface area contributed by atoms with Gasteiger partial charge in [-0.15, -0.1) is 0 Å². The van der Waals surface area contributed by atoms with Crippen molar-refractivity contribution >= 4 is 23.4 Å². The summed E-state index contributed by atoms with van der Waals surface area (Å²) in [5.41, 5.74) is 3.91. The lowest BCUT2D eigenvalue weighted by Gasteiger charge is -2.30. The van der Waals surface area contributed by atoms with Crippen LogP contribution in [0.2, 0.25) is 5.02 Å². The first-order valence-corrected chi connectivity index (χ1v) is 11.4. The molecule has 3 heterocycles. The molecule has 0 aliphatic carbocycles. The maximum absolute atomic E-state index is 13.4. The van der Waals surface area contributed by atoms with Gasteiger partial charge in [0, 0.05) is 37.2 Å². The minimum Gasteiger partial charge on any atom is -0.497 e. The molecule has 3 aromatic rings. The number of halogens is 1. The molecule has 0 saturated carbocycles. The topological polar surface area (TPSA) is 91.5 Å². The largest absolute Gasteiger partial charge is 0.497 e. The summed E-state index contributed by atoms with van der Waals surface area (Å²) in [5.74, 6) is 0.494. The Kier molecular flexibility index (Phi) is 5.72. The lowest BCUT2D eigenvalue weighted by molar-refractivity contribution is 0.0670. The van der Waals surface area contributed by atoms with E-state index < -0.39 is 0 Å². The molecule has 0 saturated heterocycles. The van der Waals surface area contributed by atoms with Crippen LogP contribution >= 0.6 is 11.6 Å². The molecule has 2 aromatic carbocycles. The van der Waals surface area contributed by atoms with Crippen LogP contribution in [-0.2, 0) is 26.1 Å². The SMILES string of the molecule is COc1ccc(CN2CCn3nc4c(c3C2=O)CN(C(=O)c2ccc(Cl)c(C#N)c2)CC4)cc1. The van der Waals surface area contributed by atoms with Crippen molar-refractivity contribution in [2.45, 2.75) is 26.1 Å². The molecule has 0 radical (unpaired) electrons. The summed E-state index contributed by atoms with van der Waals surface area (Å²) in [6.07, 6.45) is 0.575. The van der Waals surface area contributed by atoms with E-state index in [4.69, 9.17) is 16.3 Å². The minimum atomic E-state index is -0.197. The van der Waals surface area contributed by atoms with Crippen molar-refractivity contribution in [3.63, 3.8) is 0 Å². The molecule has 9 heteroatoms. The fourth-order valence-corrected chi connectivity index (χ4v) is 4.66. The molecule has 172 valence electrons. The fraction of sp³-hybridized carbons (Fsp3) is 0.280. The van der Waals surface area contributed by atoms with Crippen LogP contribution in [0.15, 0.2) is 42.5 Å². The highest BCUT2D eigenvalue weighted by Crippen LogP contribution is 2.28. The average molecular weight is 476 g/mol. The van der Waals surface area contributed by atoms with E-state index in [1.165, 1.54) is 6.07 Å². The number of fused-ring (bicyclic) bond motifs is 3. The lowest BCUT2D eigenvalue weighted by atomic mass is 10.0. The highest BCUT2D eigenvalue weighted by atomic mass is 35.5. The number of nitrogens with zero attached hydrogens (tertiary/aromatic N) is 5. The monoisotopic (exact) mass is 475 g/mol. The van der Waals surface area contributed by atoms with Gasteiger partial charge in [0.1, 0.15) is 17.5 Å². The molecule has 34 heavy (non-hydrogen) atoms. The number of benzene rings is 2. The Bertz CT molecular complexity index is 1330. The van der Waals surface area contributed by atoms with Crippen LogP contribution in [0.3, 0.4) is 0 Å². The van der Waals surface area contributed by atoms with E-state index in [1.807, 2.05) is 35.2 Å². The summed E-state index contributed by atoms with van der Waals surface area (Å²) >= 11 is 6.01. The van der Waals surface area contributed by atoms with Crippen molar-refractivity contribution in [2.75, 3.05) is 20.2 Å². The molecule has 2 aliphatic rings. The molecule has 8 nitrogen and oxygen atoms in total. The molecule has 2 amide bonds. The summed E-state index contributed by atoms with van der Waals surface area (Å²) in [6, 6.07) is 14.4. The van der Waals surface area contributed by atoms with Crippen molar-refractivity contribution in [1.29, 1.82) is 5.26 Å². The number of carbonyl (C=O) groups excluding carboxylic acids is 2. The maximum Gasteiger partial charge on any atom is 0.272 e. The van der Waals surface area contributed by atoms with Crippen LogP contribution in [0, 0.1) is 11.3 Å². The predicted octanol–water partition coefficient (Wildman–Crippen LogP) is 3.27. The second-order valence-corrected chi connectivity index (χ2v) is 8.76. The molecular weight excluding hydrogens is 454 g/mol. The first-order valence-electron chi connectivity index (χ1n) is 11.0. The van der Waals surface area contributed by atoms with E-state index in [9.17, 15) is 14.9 Å². The maximum atomic E-state index is 13.4. The molecule has 5 rings (SSSR count). The Morgan fingerprint density at radius 3 is 2.71 bits per heavy atom. The van der Waals surface area contributed by atoms with Gasteiger partial charge in [-0.3, -0.25) is 14.3 Å². The number of ether oxygens (including phenoxy) is 1. The van der Waals surface area contributed by atoms with Gasteiger partial charge in [0.15, 0.2) is 0 Å². The van der Waals surface area contributed by atoms with Gasteiger partial charge in [-0.25, -0.2) is 0 Å². The van der Waals surface area contributed by atoms with Gasteiger partial charge in [-0.2, -0.15) is 10.4 Å². The van der Waals surface area contributed by atoms with Gasteiger partial charge in [0.25, 0.3) is 11.8 Å². The Labute approximate surface area is 201 Å². The third-order valence-electron chi connectivity index (χ3n) is 6.33. The highest BCUT2D eigenvalue weighted by molar-refractivity contribution is 6.31. The van der Waals surface area contributed by atoms with Crippen LogP contribution in [0.25, 0.3) is 0 Å². The molecule has 2 aliphatic heterocycles. The summed E-state index contributed by atoms with van der Waals surface area (Å²) in [6.45, 7) is 2.48. The molecule has 0 unspecified atom stereocenters. The van der Waals surface area contributed by atoms with Crippen LogP contribution < -0.4 is 4.74 Å². The quantitative estimate of drug-likeness (QED) is 0.577. The smallest absolute Gasteiger partial charge is 0.272 e. The van der Waals surface area contributed by atoms with Crippen molar-refractivity contribution < 1.29 is 14.3 Å². The molecule has 0 bridgehead atoms. The zero-order chi connectivity index (χ0) is 23.8. The Hall–Kier alpha value is -3.83. The van der Waals surface area contributed by atoms with E-state index in [0.717, 1.165) is 22.6 Å². The Morgan fingerprint density at radius 2 is 1.97 bits per heavy atom. The second-order valence-electron chi connectivity index (χ2n) is 8.35. The third-order valence-corrected chi connectivity index (χ3v) is 6.66. The van der Waals surface area contributed by atoms with Crippen LogP contribution in [0.5, 0.6) is 5.75 Å². The first-order chi connectivity index (χ1) is 16.5.